The minimum absolute atomic E-state index is 0.345. The molecular weight excluding hydrogens is 306 g/mol. The molecular formula is C15H12ClN3O3. The van der Waals surface area contributed by atoms with Crippen molar-refractivity contribution in [1.82, 2.24) is 9.97 Å². The maximum absolute atomic E-state index is 12.5. The molecule has 3 rings (SSSR count). The number of nitrogens with one attached hydrogen (secondary N) is 3. The fourth-order valence-corrected chi connectivity index (χ4v) is 2.39. The van der Waals surface area contributed by atoms with Crippen LogP contribution in [0.3, 0.4) is 0 Å². The summed E-state index contributed by atoms with van der Waals surface area (Å²) in [7, 11) is 1.50. The van der Waals surface area contributed by atoms with Crippen molar-refractivity contribution >= 4 is 34.2 Å². The van der Waals surface area contributed by atoms with E-state index in [1.807, 2.05) is 0 Å². The molecule has 0 aliphatic carbocycles. The van der Waals surface area contributed by atoms with Gasteiger partial charge in [0, 0.05) is 5.02 Å². The van der Waals surface area contributed by atoms with Crippen LogP contribution in [0.4, 0.5) is 5.69 Å². The molecule has 0 aliphatic heterocycles. The van der Waals surface area contributed by atoms with Crippen LogP contribution in [0.1, 0.15) is 10.4 Å². The van der Waals surface area contributed by atoms with E-state index in [0.29, 0.717) is 33.1 Å². The summed E-state index contributed by atoms with van der Waals surface area (Å²) in [6.45, 7) is 0. The first-order chi connectivity index (χ1) is 10.6. The van der Waals surface area contributed by atoms with E-state index in [0.717, 1.165) is 0 Å². The van der Waals surface area contributed by atoms with Crippen LogP contribution in [0.5, 0.6) is 5.75 Å². The number of anilines is 1. The Morgan fingerprint density at radius 3 is 2.82 bits per heavy atom. The van der Waals surface area contributed by atoms with Crippen molar-refractivity contribution in [3.63, 3.8) is 0 Å². The zero-order valence-electron chi connectivity index (χ0n) is 11.6. The lowest BCUT2D eigenvalue weighted by Crippen LogP contribution is -2.13. The van der Waals surface area contributed by atoms with Gasteiger partial charge < -0.3 is 20.0 Å². The van der Waals surface area contributed by atoms with E-state index in [9.17, 15) is 9.59 Å². The van der Waals surface area contributed by atoms with Gasteiger partial charge in [-0.05, 0) is 30.3 Å². The predicted octanol–water partition coefficient (Wildman–Crippen LogP) is 2.77. The van der Waals surface area contributed by atoms with Crippen molar-refractivity contribution in [2.75, 3.05) is 12.4 Å². The van der Waals surface area contributed by atoms with Crippen LogP contribution in [0.25, 0.3) is 11.0 Å². The van der Waals surface area contributed by atoms with Crippen molar-refractivity contribution in [3.05, 3.63) is 57.5 Å². The summed E-state index contributed by atoms with van der Waals surface area (Å²) < 4.78 is 5.19. The highest BCUT2D eigenvalue weighted by Gasteiger charge is 2.14. The van der Waals surface area contributed by atoms with E-state index >= 15 is 0 Å². The standard InChI is InChI=1S/C15H12ClN3O3/c1-22-12-6-5-8(16)7-11(12)17-14(20)9-3-2-4-10-13(9)19-15(21)18-10/h2-7H,1H3,(H,17,20)(H2,18,19,21). The SMILES string of the molecule is COc1ccc(Cl)cc1NC(=O)c1cccc2[nH]c(=O)[nH]c12. The number of hydrogen-bond acceptors (Lipinski definition) is 3. The fourth-order valence-electron chi connectivity index (χ4n) is 2.21. The first kappa shape index (κ1) is 14.2. The Hall–Kier alpha value is -2.73. The largest absolute Gasteiger partial charge is 0.495 e. The number of halogens is 1. The number of H-pyrrole nitrogens is 2. The lowest BCUT2D eigenvalue weighted by molar-refractivity contribution is 0.102. The number of carbonyl (C=O) groups is 1. The van der Waals surface area contributed by atoms with Gasteiger partial charge in [0.2, 0.25) is 0 Å². The Bertz CT molecular complexity index is 914. The van der Waals surface area contributed by atoms with Gasteiger partial charge in [-0.25, -0.2) is 4.79 Å². The van der Waals surface area contributed by atoms with Gasteiger partial charge in [-0.1, -0.05) is 17.7 Å². The lowest BCUT2D eigenvalue weighted by atomic mass is 10.1. The molecule has 0 spiro atoms. The van der Waals surface area contributed by atoms with Gasteiger partial charge in [-0.2, -0.15) is 0 Å². The minimum Gasteiger partial charge on any atom is -0.495 e. The second kappa shape index (κ2) is 5.57. The molecule has 0 saturated carbocycles. The smallest absolute Gasteiger partial charge is 0.323 e. The average molecular weight is 318 g/mol. The molecule has 112 valence electrons. The van der Waals surface area contributed by atoms with Gasteiger partial charge in [0.1, 0.15) is 5.75 Å². The van der Waals surface area contributed by atoms with Crippen LogP contribution in [0, 0.1) is 0 Å². The van der Waals surface area contributed by atoms with Gasteiger partial charge in [-0.15, -0.1) is 0 Å². The first-order valence-electron chi connectivity index (χ1n) is 6.44. The van der Waals surface area contributed by atoms with Crippen molar-refractivity contribution in [2.45, 2.75) is 0 Å². The zero-order valence-corrected chi connectivity index (χ0v) is 12.3. The van der Waals surface area contributed by atoms with Gasteiger partial charge in [-0.3, -0.25) is 4.79 Å². The minimum atomic E-state index is -0.374. The maximum Gasteiger partial charge on any atom is 0.323 e. The van der Waals surface area contributed by atoms with Gasteiger partial charge in [0.15, 0.2) is 0 Å². The normalized spacial score (nSPS) is 10.6. The number of rotatable bonds is 3. The fraction of sp³-hybridized carbons (Fsp3) is 0.0667. The zero-order chi connectivity index (χ0) is 15.7. The molecule has 0 aliphatic rings. The van der Waals surface area contributed by atoms with Gasteiger partial charge >= 0.3 is 5.69 Å². The number of hydrogen-bond donors (Lipinski definition) is 3. The van der Waals surface area contributed by atoms with E-state index in [2.05, 4.69) is 15.3 Å². The van der Waals surface area contributed by atoms with Crippen molar-refractivity contribution in [2.24, 2.45) is 0 Å². The molecule has 1 heterocycles. The second-order valence-corrected chi connectivity index (χ2v) is 5.04. The molecule has 0 atom stereocenters. The van der Waals surface area contributed by atoms with E-state index < -0.39 is 0 Å². The average Bonchev–Trinajstić information content (AvgIpc) is 2.87. The molecule has 22 heavy (non-hydrogen) atoms. The van der Waals surface area contributed by atoms with Crippen LogP contribution in [-0.4, -0.2) is 23.0 Å². The molecule has 0 unspecified atom stereocenters. The number of methoxy groups -OCH3 is 1. The number of imidazole rings is 1. The Morgan fingerprint density at radius 2 is 2.05 bits per heavy atom. The Kier molecular flexibility index (Phi) is 3.60. The van der Waals surface area contributed by atoms with Crippen molar-refractivity contribution in [1.29, 1.82) is 0 Å². The van der Waals surface area contributed by atoms with Crippen LogP contribution >= 0.6 is 11.6 Å². The van der Waals surface area contributed by atoms with E-state index in [4.69, 9.17) is 16.3 Å². The van der Waals surface area contributed by atoms with E-state index in [1.165, 1.54) is 7.11 Å². The predicted molar refractivity (Wildman–Crippen MR) is 84.9 cm³/mol. The second-order valence-electron chi connectivity index (χ2n) is 4.61. The molecule has 0 bridgehead atoms. The number of carbonyl (C=O) groups excluding carboxylic acids is 1. The molecule has 1 aromatic heterocycles. The Morgan fingerprint density at radius 1 is 1.23 bits per heavy atom. The summed E-state index contributed by atoms with van der Waals surface area (Å²) in [4.78, 5) is 29.1. The van der Waals surface area contributed by atoms with Crippen molar-refractivity contribution in [3.8, 4) is 5.75 Å². The first-order valence-corrected chi connectivity index (χ1v) is 6.82. The molecule has 3 N–H and O–H groups in total. The van der Waals surface area contributed by atoms with Gasteiger partial charge in [0.25, 0.3) is 5.91 Å². The molecule has 0 saturated heterocycles. The summed E-state index contributed by atoms with van der Waals surface area (Å²) in [6.07, 6.45) is 0. The van der Waals surface area contributed by atoms with Gasteiger partial charge in [0.05, 0.1) is 29.4 Å². The summed E-state index contributed by atoms with van der Waals surface area (Å²) in [5.41, 5.74) is 1.45. The highest BCUT2D eigenvalue weighted by Crippen LogP contribution is 2.28. The maximum atomic E-state index is 12.5. The lowest BCUT2D eigenvalue weighted by Gasteiger charge is -2.11. The number of amides is 1. The molecule has 6 nitrogen and oxygen atoms in total. The van der Waals surface area contributed by atoms with Crippen LogP contribution in [0.2, 0.25) is 5.02 Å². The Balaban J connectivity index is 2.00. The summed E-state index contributed by atoms with van der Waals surface area (Å²) in [5, 5.41) is 3.21. The number of aromatic nitrogens is 2. The van der Waals surface area contributed by atoms with Crippen LogP contribution in [0.15, 0.2) is 41.2 Å². The Labute approximate surface area is 130 Å². The van der Waals surface area contributed by atoms with Crippen LogP contribution in [-0.2, 0) is 0 Å². The number of ether oxygens (including phenoxy) is 1. The van der Waals surface area contributed by atoms with Crippen LogP contribution < -0.4 is 15.7 Å². The monoisotopic (exact) mass is 317 g/mol. The molecule has 2 aromatic carbocycles. The number of benzene rings is 2. The number of fused-ring (bicyclic) bond motifs is 1. The molecule has 0 radical (unpaired) electrons. The van der Waals surface area contributed by atoms with E-state index in [1.54, 1.807) is 36.4 Å². The molecule has 3 aromatic rings. The summed E-state index contributed by atoms with van der Waals surface area (Å²) in [6, 6.07) is 9.95. The molecule has 0 fully saturated rings. The summed E-state index contributed by atoms with van der Waals surface area (Å²) >= 11 is 5.94. The van der Waals surface area contributed by atoms with Crippen molar-refractivity contribution < 1.29 is 9.53 Å². The number of para-hydroxylation sites is 1. The summed E-state index contributed by atoms with van der Waals surface area (Å²) in [5.74, 6) is 0.119. The quantitative estimate of drug-likeness (QED) is 0.694. The van der Waals surface area contributed by atoms with E-state index in [-0.39, 0.29) is 11.6 Å². The third-order valence-corrected chi connectivity index (χ3v) is 3.44. The third-order valence-electron chi connectivity index (χ3n) is 3.21. The highest BCUT2D eigenvalue weighted by molar-refractivity contribution is 6.31. The highest BCUT2D eigenvalue weighted by atomic mass is 35.5. The number of aromatic amines is 2. The molecule has 1 amide bonds. The topological polar surface area (TPSA) is 87.0 Å². The third kappa shape index (κ3) is 2.56. The molecule has 7 heteroatoms.